The van der Waals surface area contributed by atoms with Gasteiger partial charge in [-0.3, -0.25) is 14.9 Å². The van der Waals surface area contributed by atoms with E-state index in [1.165, 1.54) is 0 Å². The fourth-order valence-corrected chi connectivity index (χ4v) is 1.28. The summed E-state index contributed by atoms with van der Waals surface area (Å²) in [6.45, 7) is 4.08. The summed E-state index contributed by atoms with van der Waals surface area (Å²) in [5.74, 6) is 0.418. The third-order valence-electron chi connectivity index (χ3n) is 2.12. The second-order valence-corrected chi connectivity index (χ2v) is 3.38. The molecule has 1 fully saturated rings. The highest BCUT2D eigenvalue weighted by molar-refractivity contribution is 5.97. The van der Waals surface area contributed by atoms with Gasteiger partial charge < -0.3 is 0 Å². The van der Waals surface area contributed by atoms with E-state index in [1.54, 1.807) is 0 Å². The van der Waals surface area contributed by atoms with E-state index in [-0.39, 0.29) is 17.7 Å². The number of carbonyl (C=O) groups is 2. The van der Waals surface area contributed by atoms with E-state index in [9.17, 15) is 9.59 Å². The van der Waals surface area contributed by atoms with Crippen LogP contribution in [0.25, 0.3) is 0 Å². The average Bonchev–Trinajstić information content (AvgIpc) is 1.85. The van der Waals surface area contributed by atoms with Gasteiger partial charge in [-0.15, -0.1) is 0 Å². The second kappa shape index (κ2) is 3.03. The first kappa shape index (κ1) is 8.24. The minimum Gasteiger partial charge on any atom is -0.296 e. The first-order valence-corrected chi connectivity index (χ1v) is 3.92. The molecule has 0 saturated carbocycles. The maximum absolute atomic E-state index is 10.9. The summed E-state index contributed by atoms with van der Waals surface area (Å²) in [6.07, 6.45) is 1.01. The molecule has 1 aliphatic rings. The topological polar surface area (TPSA) is 46.2 Å². The van der Waals surface area contributed by atoms with E-state index in [0.29, 0.717) is 18.8 Å². The summed E-state index contributed by atoms with van der Waals surface area (Å²) in [5.41, 5.74) is 0. The molecule has 3 heteroatoms. The SMILES string of the molecule is CC(C)C1CC(=O)NC(=O)C1. The summed E-state index contributed by atoms with van der Waals surface area (Å²) >= 11 is 0. The Bertz CT molecular complexity index is 171. The molecule has 11 heavy (non-hydrogen) atoms. The third-order valence-corrected chi connectivity index (χ3v) is 2.12. The van der Waals surface area contributed by atoms with Crippen LogP contribution in [0, 0.1) is 11.8 Å². The number of rotatable bonds is 1. The summed E-state index contributed by atoms with van der Waals surface area (Å²) < 4.78 is 0. The molecule has 2 amide bonds. The molecule has 1 heterocycles. The molecule has 0 aromatic carbocycles. The lowest BCUT2D eigenvalue weighted by Gasteiger charge is -2.23. The molecule has 0 bridgehead atoms. The smallest absolute Gasteiger partial charge is 0.226 e. The Balaban J connectivity index is 2.56. The molecule has 0 aliphatic carbocycles. The molecule has 0 aromatic heterocycles. The van der Waals surface area contributed by atoms with Gasteiger partial charge in [0.25, 0.3) is 0 Å². The fraction of sp³-hybridized carbons (Fsp3) is 0.750. The van der Waals surface area contributed by atoms with Gasteiger partial charge in [-0.2, -0.15) is 0 Å². The molecule has 1 aliphatic heterocycles. The third kappa shape index (κ3) is 2.03. The molecule has 1 N–H and O–H groups in total. The van der Waals surface area contributed by atoms with Crippen LogP contribution >= 0.6 is 0 Å². The molecule has 0 unspecified atom stereocenters. The van der Waals surface area contributed by atoms with E-state index in [4.69, 9.17) is 0 Å². The molecular formula is C8H13NO2. The summed E-state index contributed by atoms with van der Waals surface area (Å²) in [7, 11) is 0. The Morgan fingerprint density at radius 3 is 2.09 bits per heavy atom. The van der Waals surface area contributed by atoms with Gasteiger partial charge in [-0.1, -0.05) is 13.8 Å². The van der Waals surface area contributed by atoms with Crippen molar-refractivity contribution in [2.24, 2.45) is 11.8 Å². The van der Waals surface area contributed by atoms with Crippen molar-refractivity contribution < 1.29 is 9.59 Å². The monoisotopic (exact) mass is 155 g/mol. The van der Waals surface area contributed by atoms with Crippen LogP contribution < -0.4 is 5.32 Å². The van der Waals surface area contributed by atoms with Gasteiger partial charge >= 0.3 is 0 Å². The van der Waals surface area contributed by atoms with Gasteiger partial charge in [-0.25, -0.2) is 0 Å². The van der Waals surface area contributed by atoms with Crippen LogP contribution in [0.4, 0.5) is 0 Å². The Morgan fingerprint density at radius 2 is 1.73 bits per heavy atom. The number of amides is 2. The highest BCUT2D eigenvalue weighted by Crippen LogP contribution is 2.21. The minimum absolute atomic E-state index is 0.125. The number of piperidine rings is 1. The van der Waals surface area contributed by atoms with Crippen LogP contribution in [0.5, 0.6) is 0 Å². The van der Waals surface area contributed by atoms with Crippen molar-refractivity contribution in [1.29, 1.82) is 0 Å². The molecule has 0 radical (unpaired) electrons. The van der Waals surface area contributed by atoms with Crippen LogP contribution in [0.15, 0.2) is 0 Å². The largest absolute Gasteiger partial charge is 0.296 e. The molecule has 0 atom stereocenters. The summed E-state index contributed by atoms with van der Waals surface area (Å²) in [5, 5.41) is 2.29. The zero-order chi connectivity index (χ0) is 8.43. The number of hydrogen-bond donors (Lipinski definition) is 1. The lowest BCUT2D eigenvalue weighted by Crippen LogP contribution is -2.39. The number of imide groups is 1. The normalized spacial score (nSPS) is 20.6. The zero-order valence-electron chi connectivity index (χ0n) is 6.89. The van der Waals surface area contributed by atoms with Crippen molar-refractivity contribution in [3.05, 3.63) is 0 Å². The predicted octanol–water partition coefficient (Wildman–Crippen LogP) is 0.695. The first-order chi connectivity index (χ1) is 5.09. The standard InChI is InChI=1S/C8H13NO2/c1-5(2)6-3-7(10)9-8(11)4-6/h5-6H,3-4H2,1-2H3,(H,9,10,11). The van der Waals surface area contributed by atoms with Crippen molar-refractivity contribution in [3.8, 4) is 0 Å². The number of hydrogen-bond acceptors (Lipinski definition) is 2. The van der Waals surface area contributed by atoms with E-state index in [0.717, 1.165) is 0 Å². The Morgan fingerprint density at radius 1 is 1.27 bits per heavy atom. The molecule has 0 spiro atoms. The Labute approximate surface area is 66.2 Å². The zero-order valence-corrected chi connectivity index (χ0v) is 6.89. The van der Waals surface area contributed by atoms with Crippen molar-refractivity contribution in [2.75, 3.05) is 0 Å². The fourth-order valence-electron chi connectivity index (χ4n) is 1.28. The average molecular weight is 155 g/mol. The number of carbonyl (C=O) groups excluding carboxylic acids is 2. The summed E-state index contributed by atoms with van der Waals surface area (Å²) in [6, 6.07) is 0. The second-order valence-electron chi connectivity index (χ2n) is 3.38. The van der Waals surface area contributed by atoms with Gasteiger partial charge in [0.05, 0.1) is 0 Å². The van der Waals surface area contributed by atoms with Crippen LogP contribution in [0.3, 0.4) is 0 Å². The maximum atomic E-state index is 10.9. The highest BCUT2D eigenvalue weighted by Gasteiger charge is 2.26. The van der Waals surface area contributed by atoms with Gasteiger partial charge in [0.15, 0.2) is 0 Å². The van der Waals surface area contributed by atoms with Crippen LogP contribution in [0.1, 0.15) is 26.7 Å². The van der Waals surface area contributed by atoms with Crippen LogP contribution in [0.2, 0.25) is 0 Å². The first-order valence-electron chi connectivity index (χ1n) is 3.92. The lowest BCUT2D eigenvalue weighted by atomic mass is 9.87. The van der Waals surface area contributed by atoms with Crippen molar-refractivity contribution >= 4 is 11.8 Å². The van der Waals surface area contributed by atoms with Gasteiger partial charge in [0.1, 0.15) is 0 Å². The Kier molecular flexibility index (Phi) is 2.27. The van der Waals surface area contributed by atoms with Gasteiger partial charge in [0, 0.05) is 12.8 Å². The molecule has 1 saturated heterocycles. The minimum atomic E-state index is -0.125. The maximum Gasteiger partial charge on any atom is 0.226 e. The van der Waals surface area contributed by atoms with E-state index >= 15 is 0 Å². The quantitative estimate of drug-likeness (QED) is 0.566. The molecular weight excluding hydrogens is 142 g/mol. The van der Waals surface area contributed by atoms with Crippen molar-refractivity contribution in [3.63, 3.8) is 0 Å². The molecule has 62 valence electrons. The number of nitrogens with one attached hydrogen (secondary N) is 1. The van der Waals surface area contributed by atoms with Crippen molar-refractivity contribution in [1.82, 2.24) is 5.32 Å². The summed E-state index contributed by atoms with van der Waals surface area (Å²) in [4.78, 5) is 21.7. The lowest BCUT2D eigenvalue weighted by molar-refractivity contribution is -0.135. The molecule has 1 rings (SSSR count). The predicted molar refractivity (Wildman–Crippen MR) is 40.7 cm³/mol. The van der Waals surface area contributed by atoms with Gasteiger partial charge in [0.2, 0.25) is 11.8 Å². The molecule has 0 aromatic rings. The van der Waals surface area contributed by atoms with Crippen LogP contribution in [-0.4, -0.2) is 11.8 Å². The van der Waals surface area contributed by atoms with Gasteiger partial charge in [-0.05, 0) is 11.8 Å². The van der Waals surface area contributed by atoms with E-state index < -0.39 is 0 Å². The Hall–Kier alpha value is -0.860. The van der Waals surface area contributed by atoms with E-state index in [1.807, 2.05) is 13.8 Å². The van der Waals surface area contributed by atoms with Crippen LogP contribution in [-0.2, 0) is 9.59 Å². The van der Waals surface area contributed by atoms with Crippen molar-refractivity contribution in [2.45, 2.75) is 26.7 Å². The van der Waals surface area contributed by atoms with E-state index in [2.05, 4.69) is 5.32 Å². The molecule has 3 nitrogen and oxygen atoms in total. The highest BCUT2D eigenvalue weighted by atomic mass is 16.2.